The summed E-state index contributed by atoms with van der Waals surface area (Å²) in [4.78, 5) is 0. The van der Waals surface area contributed by atoms with Gasteiger partial charge in [0, 0.05) is 12.7 Å². The van der Waals surface area contributed by atoms with Crippen LogP contribution in [0.1, 0.15) is 5.56 Å². The number of rotatable bonds is 3. The van der Waals surface area contributed by atoms with E-state index in [0.717, 1.165) is 22.4 Å². The Balaban J connectivity index is 2.15. The number of anilines is 1. The number of hydrogen-bond acceptors (Lipinski definition) is 5. The molecule has 3 rings (SSSR count). The maximum Gasteiger partial charge on any atom is 0.231 e. The molecule has 1 aliphatic rings. The summed E-state index contributed by atoms with van der Waals surface area (Å²) in [5.41, 5.74) is 8.60. The van der Waals surface area contributed by atoms with Crippen molar-refractivity contribution >= 4 is 5.82 Å². The van der Waals surface area contributed by atoms with E-state index in [4.69, 9.17) is 19.9 Å². The van der Waals surface area contributed by atoms with Crippen LogP contribution in [0.25, 0.3) is 11.1 Å². The van der Waals surface area contributed by atoms with Crippen molar-refractivity contribution in [3.05, 3.63) is 23.9 Å². The first-order chi connectivity index (χ1) is 8.79. The van der Waals surface area contributed by atoms with Crippen molar-refractivity contribution in [2.75, 3.05) is 19.6 Å². The second-order valence-electron chi connectivity index (χ2n) is 3.99. The minimum Gasteiger partial charge on any atom is -0.454 e. The quantitative estimate of drug-likeness (QED) is 0.859. The van der Waals surface area contributed by atoms with Gasteiger partial charge in [-0.1, -0.05) is 0 Å². The fourth-order valence-corrected chi connectivity index (χ4v) is 2.02. The number of H-pyrrole nitrogens is 1. The van der Waals surface area contributed by atoms with Crippen molar-refractivity contribution in [1.82, 2.24) is 10.2 Å². The number of fused-ring (bicyclic) bond motifs is 1. The van der Waals surface area contributed by atoms with Gasteiger partial charge in [-0.2, -0.15) is 5.10 Å². The highest BCUT2D eigenvalue weighted by Crippen LogP contribution is 2.40. The Labute approximate surface area is 104 Å². The van der Waals surface area contributed by atoms with Crippen molar-refractivity contribution < 1.29 is 14.2 Å². The molecule has 0 amide bonds. The van der Waals surface area contributed by atoms with E-state index < -0.39 is 0 Å². The van der Waals surface area contributed by atoms with Gasteiger partial charge in [-0.25, -0.2) is 0 Å². The van der Waals surface area contributed by atoms with Crippen LogP contribution in [0, 0.1) is 0 Å². The van der Waals surface area contributed by atoms with Gasteiger partial charge in [0.25, 0.3) is 0 Å². The summed E-state index contributed by atoms with van der Waals surface area (Å²) in [5, 5.41) is 6.65. The van der Waals surface area contributed by atoms with E-state index in [1.165, 1.54) is 0 Å². The molecule has 0 spiro atoms. The molecule has 0 aliphatic carbocycles. The molecule has 0 saturated heterocycles. The highest BCUT2D eigenvalue weighted by atomic mass is 16.7. The lowest BCUT2D eigenvalue weighted by Gasteiger charge is -2.09. The third-order valence-corrected chi connectivity index (χ3v) is 2.86. The highest BCUT2D eigenvalue weighted by Gasteiger charge is 2.19. The van der Waals surface area contributed by atoms with Gasteiger partial charge < -0.3 is 19.9 Å². The molecule has 94 valence electrons. The molecular weight excluding hydrogens is 234 g/mol. The summed E-state index contributed by atoms with van der Waals surface area (Å²) in [6.07, 6.45) is 1.69. The van der Waals surface area contributed by atoms with Crippen LogP contribution < -0.4 is 15.2 Å². The molecule has 2 aromatic rings. The molecule has 0 atom stereocenters. The predicted molar refractivity (Wildman–Crippen MR) is 65.3 cm³/mol. The van der Waals surface area contributed by atoms with Gasteiger partial charge >= 0.3 is 0 Å². The normalized spacial score (nSPS) is 12.9. The van der Waals surface area contributed by atoms with Crippen molar-refractivity contribution in [1.29, 1.82) is 0 Å². The topological polar surface area (TPSA) is 82.4 Å². The van der Waals surface area contributed by atoms with Gasteiger partial charge in [0.15, 0.2) is 11.5 Å². The number of ether oxygens (including phenoxy) is 3. The lowest BCUT2D eigenvalue weighted by Crippen LogP contribution is -1.95. The summed E-state index contributed by atoms with van der Waals surface area (Å²) in [6.45, 7) is 0.711. The Kier molecular flexibility index (Phi) is 2.56. The Morgan fingerprint density at radius 3 is 2.78 bits per heavy atom. The third-order valence-electron chi connectivity index (χ3n) is 2.86. The number of hydrogen-bond donors (Lipinski definition) is 2. The van der Waals surface area contributed by atoms with Crippen LogP contribution in [0.3, 0.4) is 0 Å². The molecule has 0 unspecified atom stereocenters. The van der Waals surface area contributed by atoms with Crippen LogP contribution in [0.15, 0.2) is 18.3 Å². The van der Waals surface area contributed by atoms with Crippen LogP contribution in [0.4, 0.5) is 5.82 Å². The molecule has 0 saturated carbocycles. The lowest BCUT2D eigenvalue weighted by molar-refractivity contribution is 0.173. The van der Waals surface area contributed by atoms with E-state index in [0.29, 0.717) is 18.2 Å². The molecule has 6 heteroatoms. The average molecular weight is 247 g/mol. The van der Waals surface area contributed by atoms with Crippen LogP contribution in [0.2, 0.25) is 0 Å². The van der Waals surface area contributed by atoms with E-state index in [1.54, 1.807) is 13.3 Å². The lowest BCUT2D eigenvalue weighted by atomic mass is 10.0. The van der Waals surface area contributed by atoms with E-state index in [2.05, 4.69) is 10.2 Å². The minimum atomic E-state index is 0.242. The Morgan fingerprint density at radius 1 is 1.33 bits per heavy atom. The van der Waals surface area contributed by atoms with E-state index in [9.17, 15) is 0 Å². The zero-order valence-electron chi connectivity index (χ0n) is 9.90. The number of nitrogen functional groups attached to an aromatic ring is 1. The molecule has 6 nitrogen and oxygen atoms in total. The summed E-state index contributed by atoms with van der Waals surface area (Å²) in [5.74, 6) is 1.96. The van der Waals surface area contributed by atoms with Crippen molar-refractivity contribution in [2.24, 2.45) is 0 Å². The van der Waals surface area contributed by atoms with Crippen LogP contribution in [0.5, 0.6) is 11.5 Å². The second kappa shape index (κ2) is 4.23. The first kappa shape index (κ1) is 10.9. The SMILES string of the molecule is COCc1cc2c(cc1-c1cn[nH]c1N)OCO2. The number of nitrogens with two attached hydrogens (primary N) is 1. The molecule has 0 bridgehead atoms. The minimum absolute atomic E-state index is 0.242. The molecule has 2 heterocycles. The first-order valence-electron chi connectivity index (χ1n) is 5.50. The zero-order valence-corrected chi connectivity index (χ0v) is 9.90. The predicted octanol–water partition coefficient (Wildman–Crippen LogP) is 1.53. The molecule has 18 heavy (non-hydrogen) atoms. The largest absolute Gasteiger partial charge is 0.454 e. The van der Waals surface area contributed by atoms with E-state index in [-0.39, 0.29) is 6.79 Å². The molecule has 1 aromatic carbocycles. The number of aromatic nitrogens is 2. The van der Waals surface area contributed by atoms with E-state index >= 15 is 0 Å². The fraction of sp³-hybridized carbons (Fsp3) is 0.250. The summed E-state index contributed by atoms with van der Waals surface area (Å²) in [6, 6.07) is 3.81. The van der Waals surface area contributed by atoms with Gasteiger partial charge in [-0.3, -0.25) is 5.10 Å². The van der Waals surface area contributed by atoms with Gasteiger partial charge in [0.1, 0.15) is 5.82 Å². The summed E-state index contributed by atoms with van der Waals surface area (Å²) >= 11 is 0. The van der Waals surface area contributed by atoms with Gasteiger partial charge in [-0.05, 0) is 23.3 Å². The monoisotopic (exact) mass is 247 g/mol. The standard InChI is InChI=1S/C12H13N3O3/c1-16-5-7-2-10-11(18-6-17-10)3-8(7)9-4-14-15-12(9)13/h2-4H,5-6H2,1H3,(H3,13,14,15). The number of nitrogens with zero attached hydrogens (tertiary/aromatic N) is 1. The van der Waals surface area contributed by atoms with E-state index in [1.807, 2.05) is 12.1 Å². The Hall–Kier alpha value is -2.21. The average Bonchev–Trinajstić information content (AvgIpc) is 2.96. The van der Waals surface area contributed by atoms with Crippen LogP contribution in [-0.2, 0) is 11.3 Å². The Morgan fingerprint density at radius 2 is 2.11 bits per heavy atom. The molecule has 0 radical (unpaired) electrons. The number of benzene rings is 1. The highest BCUT2D eigenvalue weighted by molar-refractivity contribution is 5.78. The number of methoxy groups -OCH3 is 1. The van der Waals surface area contributed by atoms with Crippen LogP contribution in [-0.4, -0.2) is 24.1 Å². The summed E-state index contributed by atoms with van der Waals surface area (Å²) in [7, 11) is 1.65. The van der Waals surface area contributed by atoms with Crippen molar-refractivity contribution in [3.63, 3.8) is 0 Å². The molecule has 1 aromatic heterocycles. The maximum atomic E-state index is 5.85. The molecule has 3 N–H and O–H groups in total. The summed E-state index contributed by atoms with van der Waals surface area (Å²) < 4.78 is 15.9. The van der Waals surface area contributed by atoms with Crippen molar-refractivity contribution in [3.8, 4) is 22.6 Å². The third kappa shape index (κ3) is 1.67. The smallest absolute Gasteiger partial charge is 0.231 e. The molecule has 1 aliphatic heterocycles. The number of nitrogens with one attached hydrogen (secondary N) is 1. The second-order valence-corrected chi connectivity index (χ2v) is 3.99. The van der Waals surface area contributed by atoms with Gasteiger partial charge in [0.05, 0.1) is 12.8 Å². The maximum absolute atomic E-state index is 5.85. The van der Waals surface area contributed by atoms with Gasteiger partial charge in [0.2, 0.25) is 6.79 Å². The molecular formula is C12H13N3O3. The zero-order chi connectivity index (χ0) is 12.5. The fourth-order valence-electron chi connectivity index (χ4n) is 2.02. The number of aromatic amines is 1. The van der Waals surface area contributed by atoms with Crippen LogP contribution >= 0.6 is 0 Å². The van der Waals surface area contributed by atoms with Crippen molar-refractivity contribution in [2.45, 2.75) is 6.61 Å². The Bertz CT molecular complexity index is 580. The van der Waals surface area contributed by atoms with Gasteiger partial charge in [-0.15, -0.1) is 0 Å². The first-order valence-corrected chi connectivity index (χ1v) is 5.50. The molecule has 0 fully saturated rings.